The molecule has 0 radical (unpaired) electrons. The monoisotopic (exact) mass is 263 g/mol. The maximum atomic E-state index is 5.92. The van der Waals surface area contributed by atoms with Crippen molar-refractivity contribution in [2.75, 3.05) is 19.0 Å². The zero-order chi connectivity index (χ0) is 10.0. The van der Waals surface area contributed by atoms with Crippen molar-refractivity contribution in [1.82, 2.24) is 9.97 Å². The average Bonchev–Trinajstić information content (AvgIpc) is 2.09. The predicted octanol–water partition coefficient (Wildman–Crippen LogP) is 2.52. The van der Waals surface area contributed by atoms with Crippen LogP contribution in [0.4, 0.5) is 5.95 Å². The van der Waals surface area contributed by atoms with Crippen LogP contribution in [0.25, 0.3) is 0 Å². The first-order valence-electron chi connectivity index (χ1n) is 3.95. The van der Waals surface area contributed by atoms with Crippen molar-refractivity contribution in [3.63, 3.8) is 0 Å². The van der Waals surface area contributed by atoms with E-state index in [-0.39, 0.29) is 0 Å². The molecule has 0 aliphatic rings. The van der Waals surface area contributed by atoms with Crippen LogP contribution in [0.15, 0.2) is 4.47 Å². The van der Waals surface area contributed by atoms with Gasteiger partial charge in [-0.25, -0.2) is 4.98 Å². The largest absolute Gasteiger partial charge is 0.347 e. The average molecular weight is 265 g/mol. The second-order valence-electron chi connectivity index (χ2n) is 2.82. The Morgan fingerprint density at radius 2 is 2.00 bits per heavy atom. The van der Waals surface area contributed by atoms with Crippen LogP contribution in [-0.4, -0.2) is 24.1 Å². The Labute approximate surface area is 91.3 Å². The standard InChI is InChI=1S/C8H11BrClN3/c1-4-5-6(9)7(10)12-8(11-5)13(2)3/h4H2,1-3H3. The highest BCUT2D eigenvalue weighted by atomic mass is 79.9. The maximum absolute atomic E-state index is 5.92. The fourth-order valence-corrected chi connectivity index (χ4v) is 1.53. The van der Waals surface area contributed by atoms with E-state index in [9.17, 15) is 0 Å². The van der Waals surface area contributed by atoms with Gasteiger partial charge in [0.1, 0.15) is 5.15 Å². The fourth-order valence-electron chi connectivity index (χ4n) is 0.885. The van der Waals surface area contributed by atoms with Crippen molar-refractivity contribution in [3.8, 4) is 0 Å². The van der Waals surface area contributed by atoms with E-state index in [4.69, 9.17) is 11.6 Å². The first kappa shape index (κ1) is 10.7. The van der Waals surface area contributed by atoms with Gasteiger partial charge in [-0.1, -0.05) is 18.5 Å². The Morgan fingerprint density at radius 3 is 2.46 bits per heavy atom. The number of halogens is 2. The number of aromatic nitrogens is 2. The summed E-state index contributed by atoms with van der Waals surface area (Å²) in [4.78, 5) is 10.3. The Balaban J connectivity index is 3.22. The van der Waals surface area contributed by atoms with Gasteiger partial charge < -0.3 is 4.90 Å². The molecule has 0 aliphatic carbocycles. The van der Waals surface area contributed by atoms with Gasteiger partial charge >= 0.3 is 0 Å². The molecule has 1 heterocycles. The van der Waals surface area contributed by atoms with Gasteiger partial charge in [-0.15, -0.1) is 0 Å². The molecule has 1 aromatic rings. The quantitative estimate of drug-likeness (QED) is 0.769. The molecule has 0 bridgehead atoms. The Hall–Kier alpha value is -0.350. The minimum atomic E-state index is 0.468. The molecule has 0 aromatic carbocycles. The molecule has 0 unspecified atom stereocenters. The lowest BCUT2D eigenvalue weighted by atomic mass is 10.3. The molecule has 1 aromatic heterocycles. The minimum Gasteiger partial charge on any atom is -0.347 e. The molecular formula is C8H11BrClN3. The molecule has 0 saturated carbocycles. The third-order valence-corrected chi connectivity index (χ3v) is 2.94. The number of anilines is 1. The van der Waals surface area contributed by atoms with E-state index in [0.717, 1.165) is 16.6 Å². The van der Waals surface area contributed by atoms with Crippen LogP contribution in [0.5, 0.6) is 0 Å². The normalized spacial score (nSPS) is 10.2. The summed E-state index contributed by atoms with van der Waals surface area (Å²) < 4.78 is 0.794. The van der Waals surface area contributed by atoms with Gasteiger partial charge in [-0.05, 0) is 22.4 Å². The first-order chi connectivity index (χ1) is 6.06. The molecule has 0 aliphatic heterocycles. The predicted molar refractivity (Wildman–Crippen MR) is 58.4 cm³/mol. The summed E-state index contributed by atoms with van der Waals surface area (Å²) in [6.07, 6.45) is 0.837. The minimum absolute atomic E-state index is 0.468. The summed E-state index contributed by atoms with van der Waals surface area (Å²) >= 11 is 9.27. The third-order valence-electron chi connectivity index (χ3n) is 1.60. The maximum Gasteiger partial charge on any atom is 0.226 e. The molecule has 1 rings (SSSR count). The van der Waals surface area contributed by atoms with Crippen LogP contribution in [0.2, 0.25) is 5.15 Å². The Morgan fingerprint density at radius 1 is 1.38 bits per heavy atom. The van der Waals surface area contributed by atoms with Gasteiger partial charge in [0.25, 0.3) is 0 Å². The van der Waals surface area contributed by atoms with Crippen molar-refractivity contribution in [1.29, 1.82) is 0 Å². The van der Waals surface area contributed by atoms with E-state index in [0.29, 0.717) is 11.1 Å². The zero-order valence-electron chi connectivity index (χ0n) is 7.80. The summed E-state index contributed by atoms with van der Waals surface area (Å²) in [5.74, 6) is 0.644. The SMILES string of the molecule is CCc1nc(N(C)C)nc(Cl)c1Br. The highest BCUT2D eigenvalue weighted by Crippen LogP contribution is 2.25. The Bertz CT molecular complexity index is 315. The number of aryl methyl sites for hydroxylation is 1. The van der Waals surface area contributed by atoms with E-state index in [1.165, 1.54) is 0 Å². The lowest BCUT2D eigenvalue weighted by Gasteiger charge is -2.12. The zero-order valence-corrected chi connectivity index (χ0v) is 10.1. The van der Waals surface area contributed by atoms with Gasteiger partial charge in [0.15, 0.2) is 0 Å². The third kappa shape index (κ3) is 2.31. The van der Waals surface area contributed by atoms with E-state index in [2.05, 4.69) is 25.9 Å². The first-order valence-corrected chi connectivity index (χ1v) is 5.12. The molecular weight excluding hydrogens is 253 g/mol. The van der Waals surface area contributed by atoms with Crippen LogP contribution in [-0.2, 0) is 6.42 Å². The Kier molecular flexibility index (Phi) is 3.50. The van der Waals surface area contributed by atoms with Crippen molar-refractivity contribution < 1.29 is 0 Å². The highest BCUT2D eigenvalue weighted by Gasteiger charge is 2.09. The van der Waals surface area contributed by atoms with Gasteiger partial charge in [-0.2, -0.15) is 4.98 Å². The number of rotatable bonds is 2. The lowest BCUT2D eigenvalue weighted by molar-refractivity contribution is 0.930. The molecule has 72 valence electrons. The van der Waals surface area contributed by atoms with Crippen LogP contribution in [0.1, 0.15) is 12.6 Å². The fraction of sp³-hybridized carbons (Fsp3) is 0.500. The van der Waals surface area contributed by atoms with E-state index in [1.807, 2.05) is 25.9 Å². The van der Waals surface area contributed by atoms with Crippen molar-refractivity contribution >= 4 is 33.5 Å². The molecule has 0 saturated heterocycles. The summed E-state index contributed by atoms with van der Waals surface area (Å²) in [5, 5.41) is 0.468. The second-order valence-corrected chi connectivity index (χ2v) is 3.97. The van der Waals surface area contributed by atoms with Crippen LogP contribution in [0.3, 0.4) is 0 Å². The van der Waals surface area contributed by atoms with Crippen LogP contribution in [0, 0.1) is 0 Å². The molecule has 5 heteroatoms. The van der Waals surface area contributed by atoms with Crippen LogP contribution >= 0.6 is 27.5 Å². The van der Waals surface area contributed by atoms with Gasteiger partial charge in [0, 0.05) is 14.1 Å². The second kappa shape index (κ2) is 4.24. The summed E-state index contributed by atoms with van der Waals surface area (Å²) in [7, 11) is 3.78. The van der Waals surface area contributed by atoms with E-state index >= 15 is 0 Å². The number of hydrogen-bond donors (Lipinski definition) is 0. The van der Waals surface area contributed by atoms with Gasteiger partial charge in [-0.3, -0.25) is 0 Å². The topological polar surface area (TPSA) is 29.0 Å². The van der Waals surface area contributed by atoms with E-state index < -0.39 is 0 Å². The lowest BCUT2D eigenvalue weighted by Crippen LogP contribution is -2.14. The van der Waals surface area contributed by atoms with E-state index in [1.54, 1.807) is 0 Å². The van der Waals surface area contributed by atoms with Crippen molar-refractivity contribution in [2.45, 2.75) is 13.3 Å². The smallest absolute Gasteiger partial charge is 0.226 e. The molecule has 0 amide bonds. The molecule has 0 fully saturated rings. The van der Waals surface area contributed by atoms with Gasteiger partial charge in [0.05, 0.1) is 10.2 Å². The molecule has 0 N–H and O–H groups in total. The van der Waals surface area contributed by atoms with Crippen molar-refractivity contribution in [3.05, 3.63) is 15.3 Å². The molecule has 3 nitrogen and oxygen atoms in total. The van der Waals surface area contributed by atoms with Crippen molar-refractivity contribution in [2.24, 2.45) is 0 Å². The molecule has 0 atom stereocenters. The number of hydrogen-bond acceptors (Lipinski definition) is 3. The number of nitrogens with zero attached hydrogens (tertiary/aromatic N) is 3. The summed E-state index contributed by atoms with van der Waals surface area (Å²) in [6, 6.07) is 0. The summed E-state index contributed by atoms with van der Waals surface area (Å²) in [5.41, 5.74) is 0.934. The molecule has 13 heavy (non-hydrogen) atoms. The highest BCUT2D eigenvalue weighted by molar-refractivity contribution is 9.10. The van der Waals surface area contributed by atoms with Crippen LogP contribution < -0.4 is 4.90 Å². The van der Waals surface area contributed by atoms with Gasteiger partial charge in [0.2, 0.25) is 5.95 Å². The summed E-state index contributed by atoms with van der Waals surface area (Å²) in [6.45, 7) is 2.03. The molecule has 0 spiro atoms.